The van der Waals surface area contributed by atoms with Gasteiger partial charge in [0.05, 0.1) is 16.1 Å². The van der Waals surface area contributed by atoms with E-state index in [9.17, 15) is 14.0 Å². The number of nitrogens with zero attached hydrogens (tertiary/aromatic N) is 3. The maximum atomic E-state index is 13.0. The molecule has 0 saturated carbocycles. The van der Waals surface area contributed by atoms with Gasteiger partial charge in [-0.2, -0.15) is 5.10 Å². The molecular weight excluding hydrogens is 419 g/mol. The summed E-state index contributed by atoms with van der Waals surface area (Å²) >= 11 is 1.53. The lowest BCUT2D eigenvalue weighted by molar-refractivity contribution is -0.122. The SMILES string of the molecule is Cc1cc(-c2cc(=O)n(CC(=O)NCc3ccc(F)cc3)nc2-c2ccc(C)s2)on1. The Bertz CT molecular complexity index is 1290. The maximum absolute atomic E-state index is 13.0. The molecule has 0 saturated heterocycles. The monoisotopic (exact) mass is 438 g/mol. The van der Waals surface area contributed by atoms with Crippen molar-refractivity contribution in [2.45, 2.75) is 26.9 Å². The van der Waals surface area contributed by atoms with Gasteiger partial charge in [0.25, 0.3) is 5.56 Å². The molecule has 0 atom stereocenters. The molecule has 1 N–H and O–H groups in total. The van der Waals surface area contributed by atoms with Crippen LogP contribution in [0.3, 0.4) is 0 Å². The van der Waals surface area contributed by atoms with Crippen molar-refractivity contribution >= 4 is 17.2 Å². The number of aryl methyl sites for hydroxylation is 2. The molecule has 0 bridgehead atoms. The Labute approximate surface area is 181 Å². The van der Waals surface area contributed by atoms with Gasteiger partial charge in [0.1, 0.15) is 18.1 Å². The largest absolute Gasteiger partial charge is 0.356 e. The van der Waals surface area contributed by atoms with Gasteiger partial charge in [-0.1, -0.05) is 17.3 Å². The highest BCUT2D eigenvalue weighted by molar-refractivity contribution is 7.15. The van der Waals surface area contributed by atoms with Crippen molar-refractivity contribution in [2.75, 3.05) is 0 Å². The highest BCUT2D eigenvalue weighted by atomic mass is 32.1. The molecule has 3 aromatic heterocycles. The molecule has 9 heteroatoms. The van der Waals surface area contributed by atoms with Crippen molar-refractivity contribution in [3.8, 4) is 21.9 Å². The van der Waals surface area contributed by atoms with E-state index in [-0.39, 0.29) is 24.8 Å². The first kappa shape index (κ1) is 20.7. The lowest BCUT2D eigenvalue weighted by atomic mass is 10.1. The predicted molar refractivity (Wildman–Crippen MR) is 115 cm³/mol. The van der Waals surface area contributed by atoms with Crippen LogP contribution in [0.5, 0.6) is 0 Å². The van der Waals surface area contributed by atoms with E-state index in [1.807, 2.05) is 19.1 Å². The van der Waals surface area contributed by atoms with E-state index in [1.165, 1.54) is 29.5 Å². The van der Waals surface area contributed by atoms with E-state index in [0.29, 0.717) is 22.7 Å². The molecule has 0 radical (unpaired) electrons. The number of rotatable bonds is 6. The van der Waals surface area contributed by atoms with Gasteiger partial charge < -0.3 is 9.84 Å². The summed E-state index contributed by atoms with van der Waals surface area (Å²) in [6, 6.07) is 12.8. The number of benzene rings is 1. The van der Waals surface area contributed by atoms with Crippen LogP contribution in [0.4, 0.5) is 4.39 Å². The number of amides is 1. The lowest BCUT2D eigenvalue weighted by Crippen LogP contribution is -2.33. The van der Waals surface area contributed by atoms with Crippen LogP contribution in [0.2, 0.25) is 0 Å². The quantitative estimate of drug-likeness (QED) is 0.496. The highest BCUT2D eigenvalue weighted by Gasteiger charge is 2.18. The fourth-order valence-corrected chi connectivity index (χ4v) is 3.89. The minimum atomic E-state index is -0.432. The number of halogens is 1. The van der Waals surface area contributed by atoms with Crippen LogP contribution >= 0.6 is 11.3 Å². The summed E-state index contributed by atoms with van der Waals surface area (Å²) in [4.78, 5) is 27.0. The van der Waals surface area contributed by atoms with Gasteiger partial charge in [-0.25, -0.2) is 9.07 Å². The van der Waals surface area contributed by atoms with Crippen LogP contribution in [0.1, 0.15) is 16.1 Å². The first-order chi connectivity index (χ1) is 14.9. The van der Waals surface area contributed by atoms with Gasteiger partial charge in [0.2, 0.25) is 5.91 Å². The topological polar surface area (TPSA) is 90.0 Å². The Morgan fingerprint density at radius 3 is 2.58 bits per heavy atom. The number of hydrogen-bond donors (Lipinski definition) is 1. The molecule has 158 valence electrons. The van der Waals surface area contributed by atoms with E-state index in [0.717, 1.165) is 20.0 Å². The summed E-state index contributed by atoms with van der Waals surface area (Å²) in [6.45, 7) is 3.75. The van der Waals surface area contributed by atoms with E-state index in [2.05, 4.69) is 15.6 Å². The van der Waals surface area contributed by atoms with Crippen LogP contribution < -0.4 is 10.9 Å². The van der Waals surface area contributed by atoms with Crippen molar-refractivity contribution in [2.24, 2.45) is 0 Å². The van der Waals surface area contributed by atoms with Crippen molar-refractivity contribution in [1.82, 2.24) is 20.3 Å². The summed E-state index contributed by atoms with van der Waals surface area (Å²) in [7, 11) is 0. The maximum Gasteiger partial charge on any atom is 0.268 e. The molecule has 1 aromatic carbocycles. The Morgan fingerprint density at radius 1 is 1.16 bits per heavy atom. The molecular formula is C22H19FN4O3S. The first-order valence-electron chi connectivity index (χ1n) is 9.53. The molecule has 7 nitrogen and oxygen atoms in total. The summed E-state index contributed by atoms with van der Waals surface area (Å²) in [5.74, 6) is -0.282. The second kappa shape index (κ2) is 8.65. The minimum Gasteiger partial charge on any atom is -0.356 e. The third-order valence-corrected chi connectivity index (χ3v) is 5.57. The molecule has 31 heavy (non-hydrogen) atoms. The van der Waals surface area contributed by atoms with Crippen molar-refractivity contribution in [3.63, 3.8) is 0 Å². The van der Waals surface area contributed by atoms with E-state index in [1.54, 1.807) is 25.1 Å². The predicted octanol–water partition coefficient (Wildman–Crippen LogP) is 3.70. The second-order valence-corrected chi connectivity index (χ2v) is 8.34. The fourth-order valence-electron chi connectivity index (χ4n) is 3.02. The lowest BCUT2D eigenvalue weighted by Gasteiger charge is -2.10. The Hall–Kier alpha value is -3.59. The normalized spacial score (nSPS) is 10.9. The van der Waals surface area contributed by atoms with Gasteiger partial charge in [-0.05, 0) is 43.7 Å². The number of carbonyl (C=O) groups excluding carboxylic acids is 1. The number of aromatic nitrogens is 3. The number of carbonyl (C=O) groups is 1. The van der Waals surface area contributed by atoms with Crippen molar-refractivity contribution < 1.29 is 13.7 Å². The van der Waals surface area contributed by atoms with Crippen LogP contribution in [-0.2, 0) is 17.9 Å². The molecule has 0 unspecified atom stereocenters. The average Bonchev–Trinajstić information content (AvgIpc) is 3.37. The van der Waals surface area contributed by atoms with Gasteiger partial charge in [-0.15, -0.1) is 11.3 Å². The summed E-state index contributed by atoms with van der Waals surface area (Å²) in [6.07, 6.45) is 0. The standard InChI is InChI=1S/C22H19FN4O3S/c1-13-9-18(30-26-13)17-10-21(29)27(25-22(17)19-8-3-14(2)31-19)12-20(28)24-11-15-4-6-16(23)7-5-15/h3-10H,11-12H2,1-2H3,(H,24,28). The van der Waals surface area contributed by atoms with Gasteiger partial charge in [0.15, 0.2) is 5.76 Å². The first-order valence-corrected chi connectivity index (χ1v) is 10.3. The van der Waals surface area contributed by atoms with Crippen molar-refractivity contribution in [3.05, 3.63) is 80.8 Å². The summed E-state index contributed by atoms with van der Waals surface area (Å²) < 4.78 is 19.5. The van der Waals surface area contributed by atoms with Gasteiger partial charge >= 0.3 is 0 Å². The van der Waals surface area contributed by atoms with Crippen LogP contribution in [0.25, 0.3) is 21.9 Å². The second-order valence-electron chi connectivity index (χ2n) is 7.05. The van der Waals surface area contributed by atoms with E-state index >= 15 is 0 Å². The van der Waals surface area contributed by atoms with Crippen LogP contribution in [-0.4, -0.2) is 20.8 Å². The third-order valence-electron chi connectivity index (χ3n) is 4.56. The Balaban J connectivity index is 1.61. The molecule has 0 aliphatic carbocycles. The zero-order valence-corrected chi connectivity index (χ0v) is 17.7. The summed E-state index contributed by atoms with van der Waals surface area (Å²) in [5, 5.41) is 11.1. The van der Waals surface area contributed by atoms with Gasteiger partial charge in [0, 0.05) is 23.6 Å². The molecule has 0 aliphatic rings. The average molecular weight is 438 g/mol. The van der Waals surface area contributed by atoms with E-state index in [4.69, 9.17) is 4.52 Å². The molecule has 0 aliphatic heterocycles. The Kier molecular flexibility index (Phi) is 5.77. The molecule has 0 spiro atoms. The number of hydrogen-bond acceptors (Lipinski definition) is 6. The molecule has 4 aromatic rings. The smallest absolute Gasteiger partial charge is 0.268 e. The van der Waals surface area contributed by atoms with Gasteiger partial charge in [-0.3, -0.25) is 9.59 Å². The van der Waals surface area contributed by atoms with E-state index < -0.39 is 5.56 Å². The number of nitrogens with one attached hydrogen (secondary N) is 1. The zero-order valence-electron chi connectivity index (χ0n) is 16.9. The Morgan fingerprint density at radius 2 is 1.94 bits per heavy atom. The third kappa shape index (κ3) is 4.77. The number of thiophene rings is 1. The molecule has 1 amide bonds. The van der Waals surface area contributed by atoms with Crippen molar-refractivity contribution in [1.29, 1.82) is 0 Å². The zero-order chi connectivity index (χ0) is 22.0. The highest BCUT2D eigenvalue weighted by Crippen LogP contribution is 2.33. The molecule has 3 heterocycles. The summed E-state index contributed by atoms with van der Waals surface area (Å²) in [5.41, 5.74) is 2.07. The van der Waals surface area contributed by atoms with Crippen LogP contribution in [0.15, 0.2) is 57.8 Å². The van der Waals surface area contributed by atoms with Crippen LogP contribution in [0, 0.1) is 19.7 Å². The fraction of sp³-hybridized carbons (Fsp3) is 0.182. The molecule has 4 rings (SSSR count). The molecule has 0 fully saturated rings. The minimum absolute atomic E-state index is 0.222.